The Hall–Kier alpha value is -3.91. The molecular formula is C22H16N4O3S. The summed E-state index contributed by atoms with van der Waals surface area (Å²) >= 11 is 0. The van der Waals surface area contributed by atoms with Crippen LogP contribution in [0.5, 0.6) is 5.88 Å². The molecule has 0 saturated heterocycles. The van der Waals surface area contributed by atoms with Gasteiger partial charge in [-0.25, -0.2) is 18.4 Å². The quantitative estimate of drug-likeness (QED) is 0.476. The highest BCUT2D eigenvalue weighted by Crippen LogP contribution is 2.34. The summed E-state index contributed by atoms with van der Waals surface area (Å²) in [5, 5.41) is 12.7. The number of aromatic nitrogens is 1. The normalized spacial score (nSPS) is 13.4. The molecule has 1 aromatic heterocycles. The lowest BCUT2D eigenvalue weighted by molar-refractivity contribution is 0.457. The zero-order valence-corrected chi connectivity index (χ0v) is 16.4. The number of rotatable bonds is 4. The Morgan fingerprint density at radius 3 is 2.67 bits per heavy atom. The molecule has 0 unspecified atom stereocenters. The number of aromatic hydroxyl groups is 1. The van der Waals surface area contributed by atoms with Crippen LogP contribution in [0.3, 0.4) is 0 Å². The Labute approximate surface area is 171 Å². The third-order valence-electron chi connectivity index (χ3n) is 4.84. The standard InChI is InChI=1S/C22H16N4O3S/c27-22-16(11-14-9-10-17-20(12-14)24-13-23-17)21-18(25-22)7-4-8-19(21)26-30(28,29)15-5-2-1-3-6-15/h1-13,25-27H/b14-11+. The number of hydrogen-bond acceptors (Lipinski definition) is 5. The Bertz CT molecular complexity index is 1540. The molecule has 0 saturated carbocycles. The number of nitrogens with zero attached hydrogens (tertiary/aromatic N) is 2. The van der Waals surface area contributed by atoms with Gasteiger partial charge in [0, 0.05) is 10.9 Å². The molecule has 0 amide bonds. The number of fused-ring (bicyclic) bond motifs is 2. The number of hydrogen-bond donors (Lipinski definition) is 3. The van der Waals surface area contributed by atoms with Gasteiger partial charge in [-0.1, -0.05) is 30.3 Å². The van der Waals surface area contributed by atoms with E-state index in [1.165, 1.54) is 18.5 Å². The van der Waals surface area contributed by atoms with Crippen LogP contribution in [0.25, 0.3) is 17.0 Å². The van der Waals surface area contributed by atoms with Crippen molar-refractivity contribution >= 4 is 44.7 Å². The summed E-state index contributed by atoms with van der Waals surface area (Å²) in [5.74, 6) is -0.0509. The van der Waals surface area contributed by atoms with E-state index < -0.39 is 10.0 Å². The zero-order chi connectivity index (χ0) is 20.7. The highest BCUT2D eigenvalue weighted by molar-refractivity contribution is 7.92. The molecule has 0 atom stereocenters. The van der Waals surface area contributed by atoms with Gasteiger partial charge in [-0.15, -0.1) is 0 Å². The topological polar surface area (TPSA) is 107 Å². The van der Waals surface area contributed by atoms with Crippen LogP contribution >= 0.6 is 0 Å². The molecule has 0 radical (unpaired) electrons. The molecule has 8 heteroatoms. The minimum absolute atomic E-state index is 0.0509. The van der Waals surface area contributed by atoms with Crippen LogP contribution in [0.15, 0.2) is 81.6 Å². The van der Waals surface area contributed by atoms with E-state index in [0.717, 1.165) is 16.3 Å². The number of benzene rings is 3. The van der Waals surface area contributed by atoms with Crippen molar-refractivity contribution in [2.24, 2.45) is 9.98 Å². The molecule has 4 aromatic rings. The highest BCUT2D eigenvalue weighted by atomic mass is 32.2. The van der Waals surface area contributed by atoms with Gasteiger partial charge in [0.1, 0.15) is 6.34 Å². The van der Waals surface area contributed by atoms with Crippen LogP contribution in [-0.4, -0.2) is 24.8 Å². The van der Waals surface area contributed by atoms with E-state index >= 15 is 0 Å². The number of aliphatic imine (C=N–C) groups is 1. The number of aromatic amines is 1. The first kappa shape index (κ1) is 18.1. The van der Waals surface area contributed by atoms with Gasteiger partial charge in [0.15, 0.2) is 5.88 Å². The van der Waals surface area contributed by atoms with Crippen LogP contribution in [0.1, 0.15) is 5.56 Å². The van der Waals surface area contributed by atoms with Crippen molar-refractivity contribution in [1.29, 1.82) is 0 Å². The van der Waals surface area contributed by atoms with Gasteiger partial charge >= 0.3 is 0 Å². The molecule has 0 spiro atoms. The fraction of sp³-hybridized carbons (Fsp3) is 0. The maximum Gasteiger partial charge on any atom is 0.261 e. The molecule has 0 fully saturated rings. The molecule has 3 aromatic carbocycles. The Morgan fingerprint density at radius 2 is 1.83 bits per heavy atom. The van der Waals surface area contributed by atoms with Crippen LogP contribution in [0, 0.1) is 0 Å². The Morgan fingerprint density at radius 1 is 1.00 bits per heavy atom. The van der Waals surface area contributed by atoms with E-state index in [1.54, 1.807) is 42.5 Å². The summed E-state index contributed by atoms with van der Waals surface area (Å²) in [6, 6.07) is 18.9. The summed E-state index contributed by atoms with van der Waals surface area (Å²) in [6.07, 6.45) is 3.27. The largest absolute Gasteiger partial charge is 0.494 e. The molecule has 2 heterocycles. The summed E-state index contributed by atoms with van der Waals surface area (Å²) < 4.78 is 28.3. The second-order valence-corrected chi connectivity index (χ2v) is 8.48. The summed E-state index contributed by atoms with van der Waals surface area (Å²) in [6.45, 7) is 0. The maximum atomic E-state index is 12.8. The van der Waals surface area contributed by atoms with Crippen molar-refractivity contribution in [3.63, 3.8) is 0 Å². The molecule has 0 bridgehead atoms. The van der Waals surface area contributed by atoms with E-state index in [1.807, 2.05) is 18.2 Å². The lowest BCUT2D eigenvalue weighted by Crippen LogP contribution is -2.13. The predicted molar refractivity (Wildman–Crippen MR) is 116 cm³/mol. The second kappa shape index (κ2) is 6.85. The monoisotopic (exact) mass is 416 g/mol. The molecule has 1 aliphatic heterocycles. The molecule has 5 rings (SSSR count). The van der Waals surface area contributed by atoms with Crippen molar-refractivity contribution < 1.29 is 13.5 Å². The van der Waals surface area contributed by atoms with Crippen molar-refractivity contribution in [2.75, 3.05) is 4.72 Å². The molecule has 1 aliphatic rings. The minimum Gasteiger partial charge on any atom is -0.494 e. The third-order valence-corrected chi connectivity index (χ3v) is 6.23. The Balaban J connectivity index is 1.66. The molecule has 3 N–H and O–H groups in total. The molecule has 7 nitrogen and oxygen atoms in total. The highest BCUT2D eigenvalue weighted by Gasteiger charge is 2.18. The van der Waals surface area contributed by atoms with Gasteiger partial charge in [0.05, 0.1) is 27.1 Å². The first-order valence-electron chi connectivity index (χ1n) is 9.15. The van der Waals surface area contributed by atoms with Crippen LogP contribution in [0.2, 0.25) is 0 Å². The van der Waals surface area contributed by atoms with Crippen LogP contribution in [-0.2, 0) is 10.0 Å². The summed E-state index contributed by atoms with van der Waals surface area (Å²) in [7, 11) is -3.78. The molecule has 148 valence electrons. The van der Waals surface area contributed by atoms with E-state index in [0.29, 0.717) is 22.2 Å². The van der Waals surface area contributed by atoms with Gasteiger partial charge in [-0.3, -0.25) is 4.72 Å². The fourth-order valence-corrected chi connectivity index (χ4v) is 4.54. The van der Waals surface area contributed by atoms with Crippen molar-refractivity contribution in [3.8, 4) is 5.88 Å². The second-order valence-electron chi connectivity index (χ2n) is 6.80. The Kier molecular flexibility index (Phi) is 4.14. The van der Waals surface area contributed by atoms with Crippen LogP contribution < -0.4 is 15.3 Å². The van der Waals surface area contributed by atoms with Gasteiger partial charge in [-0.2, -0.15) is 0 Å². The minimum atomic E-state index is -3.78. The van der Waals surface area contributed by atoms with Crippen LogP contribution in [0.4, 0.5) is 11.4 Å². The number of nitrogens with one attached hydrogen (secondary N) is 2. The molecule has 30 heavy (non-hydrogen) atoms. The van der Waals surface area contributed by atoms with Crippen molar-refractivity contribution in [2.45, 2.75) is 4.90 Å². The number of H-pyrrole nitrogens is 1. The van der Waals surface area contributed by atoms with E-state index in [9.17, 15) is 13.5 Å². The predicted octanol–water partition coefficient (Wildman–Crippen LogP) is 2.80. The summed E-state index contributed by atoms with van der Waals surface area (Å²) in [4.78, 5) is 11.4. The maximum absolute atomic E-state index is 12.8. The first-order chi connectivity index (χ1) is 14.5. The van der Waals surface area contributed by atoms with E-state index in [-0.39, 0.29) is 10.8 Å². The third kappa shape index (κ3) is 3.13. The summed E-state index contributed by atoms with van der Waals surface area (Å²) in [5.41, 5.74) is 2.21. The molecular weight excluding hydrogens is 400 g/mol. The van der Waals surface area contributed by atoms with Gasteiger partial charge < -0.3 is 10.1 Å². The average Bonchev–Trinajstić information content (AvgIpc) is 3.33. The first-order valence-corrected chi connectivity index (χ1v) is 10.6. The zero-order valence-electron chi connectivity index (χ0n) is 15.6. The SMILES string of the molecule is O=S(=O)(Nc1cccc2[nH]c(O)c(/C=c3\ccc4c(c3)N=CN=4)c12)c1ccccc1. The number of sulfonamides is 1. The van der Waals surface area contributed by atoms with Crippen molar-refractivity contribution in [1.82, 2.24) is 4.98 Å². The lowest BCUT2D eigenvalue weighted by Gasteiger charge is -2.10. The van der Waals surface area contributed by atoms with E-state index in [4.69, 9.17) is 0 Å². The number of anilines is 1. The molecule has 0 aliphatic carbocycles. The van der Waals surface area contributed by atoms with Gasteiger partial charge in [-0.05, 0) is 47.7 Å². The van der Waals surface area contributed by atoms with Gasteiger partial charge in [0.25, 0.3) is 10.0 Å². The average molecular weight is 416 g/mol. The fourth-order valence-electron chi connectivity index (χ4n) is 3.45. The smallest absolute Gasteiger partial charge is 0.261 e. The van der Waals surface area contributed by atoms with E-state index in [2.05, 4.69) is 19.7 Å². The van der Waals surface area contributed by atoms with Crippen molar-refractivity contribution in [3.05, 3.63) is 82.9 Å². The lowest BCUT2D eigenvalue weighted by atomic mass is 10.1. The van der Waals surface area contributed by atoms with Gasteiger partial charge in [0.2, 0.25) is 0 Å².